The molecule has 0 bridgehead atoms. The fraction of sp³-hybridized carbons (Fsp3) is 0.857. The van der Waals surface area contributed by atoms with Gasteiger partial charge in [-0.25, -0.2) is 0 Å². The minimum absolute atomic E-state index is 0.803. The maximum atomic E-state index is 5.60. The maximum absolute atomic E-state index is 5.60. The Morgan fingerprint density at radius 1 is 1.50 bits per heavy atom. The third-order valence-corrected chi connectivity index (χ3v) is 3.64. The molecule has 1 saturated carbocycles. The summed E-state index contributed by atoms with van der Waals surface area (Å²) in [5, 5.41) is 1.61. The van der Waals surface area contributed by atoms with Crippen molar-refractivity contribution >= 4 is 16.9 Å². The molecule has 2 nitrogen and oxygen atoms in total. The second-order valence-electron chi connectivity index (χ2n) is 3.03. The number of thioether (sulfide) groups is 1. The molecule has 0 saturated heterocycles. The molecule has 2 rings (SSSR count). The molecule has 1 fully saturated rings. The topological polar surface area (TPSA) is 38.4 Å². The smallest absolute Gasteiger partial charge is 0.154 e. The summed E-state index contributed by atoms with van der Waals surface area (Å²) in [5.41, 5.74) is 5.60. The molecule has 0 aromatic heterocycles. The largest absolute Gasteiger partial charge is 0.379 e. The monoisotopic (exact) mass is 156 g/mol. The van der Waals surface area contributed by atoms with E-state index in [-0.39, 0.29) is 0 Å². The third kappa shape index (κ3) is 1.03. The summed E-state index contributed by atoms with van der Waals surface area (Å²) in [4.78, 5) is 4.23. The van der Waals surface area contributed by atoms with Crippen molar-refractivity contribution in [3.05, 3.63) is 0 Å². The number of nitrogens with two attached hydrogens (primary N) is 1. The second kappa shape index (κ2) is 2.46. The van der Waals surface area contributed by atoms with Crippen LogP contribution in [0.2, 0.25) is 0 Å². The van der Waals surface area contributed by atoms with E-state index < -0.39 is 0 Å². The Morgan fingerprint density at radius 3 is 3.30 bits per heavy atom. The molecule has 1 aliphatic heterocycles. The van der Waals surface area contributed by atoms with Crippen LogP contribution in [-0.2, 0) is 0 Å². The van der Waals surface area contributed by atoms with Crippen LogP contribution in [0.3, 0.4) is 0 Å². The van der Waals surface area contributed by atoms with E-state index in [1.807, 2.05) is 0 Å². The van der Waals surface area contributed by atoms with E-state index in [4.69, 9.17) is 5.73 Å². The van der Waals surface area contributed by atoms with E-state index in [1.54, 1.807) is 11.8 Å². The summed E-state index contributed by atoms with van der Waals surface area (Å²) < 4.78 is 0. The third-order valence-electron chi connectivity index (χ3n) is 2.34. The molecule has 0 unspecified atom stereocenters. The highest BCUT2D eigenvalue weighted by Crippen LogP contribution is 2.37. The first-order valence-electron chi connectivity index (χ1n) is 3.83. The van der Waals surface area contributed by atoms with Crippen molar-refractivity contribution < 1.29 is 0 Å². The van der Waals surface area contributed by atoms with Gasteiger partial charge in [0.25, 0.3) is 0 Å². The average molecular weight is 156 g/mol. The summed E-state index contributed by atoms with van der Waals surface area (Å²) >= 11 is 1.78. The number of aliphatic imine (C=N–C) groups is 1. The molecule has 0 amide bonds. The molecular weight excluding hydrogens is 144 g/mol. The molecule has 1 heterocycles. The lowest BCUT2D eigenvalue weighted by atomic mass is 10.1. The number of amidine groups is 1. The SMILES string of the molecule is NC1=NC[C@H]2CCC[C@H]2S1. The molecule has 2 atom stereocenters. The van der Waals surface area contributed by atoms with Gasteiger partial charge in [0, 0.05) is 11.8 Å². The zero-order chi connectivity index (χ0) is 6.97. The van der Waals surface area contributed by atoms with Gasteiger partial charge in [-0.05, 0) is 18.8 Å². The van der Waals surface area contributed by atoms with Gasteiger partial charge in [-0.15, -0.1) is 0 Å². The number of hydrogen-bond donors (Lipinski definition) is 1. The molecule has 0 aromatic rings. The fourth-order valence-corrected chi connectivity index (χ4v) is 2.92. The highest BCUT2D eigenvalue weighted by molar-refractivity contribution is 8.14. The van der Waals surface area contributed by atoms with Crippen molar-refractivity contribution in [3.8, 4) is 0 Å². The van der Waals surface area contributed by atoms with Crippen LogP contribution in [0.4, 0.5) is 0 Å². The Labute approximate surface area is 65.3 Å². The Bertz CT molecular complexity index is 167. The first-order valence-corrected chi connectivity index (χ1v) is 4.71. The lowest BCUT2D eigenvalue weighted by molar-refractivity contribution is 0.571. The van der Waals surface area contributed by atoms with E-state index in [2.05, 4.69) is 4.99 Å². The van der Waals surface area contributed by atoms with Crippen molar-refractivity contribution in [3.63, 3.8) is 0 Å². The van der Waals surface area contributed by atoms with Gasteiger partial charge < -0.3 is 5.73 Å². The molecule has 0 spiro atoms. The highest BCUT2D eigenvalue weighted by atomic mass is 32.2. The number of hydrogen-bond acceptors (Lipinski definition) is 3. The summed E-state index contributed by atoms with van der Waals surface area (Å²) in [6, 6.07) is 0. The van der Waals surface area contributed by atoms with Crippen molar-refractivity contribution in [1.82, 2.24) is 0 Å². The standard InChI is InChI=1S/C7H12N2S/c8-7-9-4-5-2-1-3-6(5)10-7/h5-6H,1-4H2,(H2,8,9)/t5-,6-/m1/s1. The minimum atomic E-state index is 0.803. The van der Waals surface area contributed by atoms with Crippen molar-refractivity contribution in [2.75, 3.05) is 6.54 Å². The first-order chi connectivity index (χ1) is 4.86. The molecule has 0 aromatic carbocycles. The maximum Gasteiger partial charge on any atom is 0.154 e. The fourth-order valence-electron chi connectivity index (χ4n) is 1.77. The number of rotatable bonds is 0. The quantitative estimate of drug-likeness (QED) is 0.572. The minimum Gasteiger partial charge on any atom is -0.379 e. The van der Waals surface area contributed by atoms with Crippen molar-refractivity contribution in [2.24, 2.45) is 16.6 Å². The molecule has 3 heteroatoms. The van der Waals surface area contributed by atoms with Crippen LogP contribution in [0.1, 0.15) is 19.3 Å². The van der Waals surface area contributed by atoms with E-state index in [9.17, 15) is 0 Å². The molecular formula is C7H12N2S. The van der Waals surface area contributed by atoms with Gasteiger partial charge in [0.2, 0.25) is 0 Å². The van der Waals surface area contributed by atoms with Crippen LogP contribution in [0.25, 0.3) is 0 Å². The van der Waals surface area contributed by atoms with Crippen LogP contribution in [0, 0.1) is 5.92 Å². The van der Waals surface area contributed by atoms with Crippen LogP contribution in [0.15, 0.2) is 4.99 Å². The van der Waals surface area contributed by atoms with Crippen LogP contribution < -0.4 is 5.73 Å². The predicted octanol–water partition coefficient (Wildman–Crippen LogP) is 1.22. The number of nitrogens with zero attached hydrogens (tertiary/aromatic N) is 1. The lowest BCUT2D eigenvalue weighted by Crippen LogP contribution is -2.25. The zero-order valence-electron chi connectivity index (χ0n) is 5.92. The lowest BCUT2D eigenvalue weighted by Gasteiger charge is -2.21. The van der Waals surface area contributed by atoms with Gasteiger partial charge in [-0.2, -0.15) is 0 Å². The Morgan fingerprint density at radius 2 is 2.40 bits per heavy atom. The van der Waals surface area contributed by atoms with Gasteiger partial charge in [0.05, 0.1) is 0 Å². The van der Waals surface area contributed by atoms with E-state index in [0.29, 0.717) is 0 Å². The molecule has 2 N–H and O–H groups in total. The summed E-state index contributed by atoms with van der Waals surface area (Å²) in [5.74, 6) is 0.845. The molecule has 0 radical (unpaired) electrons. The van der Waals surface area contributed by atoms with E-state index in [0.717, 1.165) is 22.9 Å². The van der Waals surface area contributed by atoms with Gasteiger partial charge in [0.1, 0.15) is 0 Å². The summed E-state index contributed by atoms with van der Waals surface area (Å²) in [6.45, 7) is 0.990. The van der Waals surface area contributed by atoms with Gasteiger partial charge in [-0.1, -0.05) is 18.2 Å². The average Bonchev–Trinajstić information content (AvgIpc) is 2.33. The molecule has 10 heavy (non-hydrogen) atoms. The summed E-state index contributed by atoms with van der Waals surface area (Å²) in [7, 11) is 0. The normalized spacial score (nSPS) is 39.0. The van der Waals surface area contributed by atoms with Gasteiger partial charge >= 0.3 is 0 Å². The van der Waals surface area contributed by atoms with E-state index >= 15 is 0 Å². The van der Waals surface area contributed by atoms with Gasteiger partial charge in [0.15, 0.2) is 5.17 Å². The molecule has 56 valence electrons. The predicted molar refractivity (Wildman–Crippen MR) is 45.2 cm³/mol. The van der Waals surface area contributed by atoms with Crippen molar-refractivity contribution in [1.29, 1.82) is 0 Å². The highest BCUT2D eigenvalue weighted by Gasteiger charge is 2.30. The second-order valence-corrected chi connectivity index (χ2v) is 4.29. The van der Waals surface area contributed by atoms with Gasteiger partial charge in [-0.3, -0.25) is 4.99 Å². The molecule has 1 aliphatic carbocycles. The van der Waals surface area contributed by atoms with Crippen LogP contribution >= 0.6 is 11.8 Å². The van der Waals surface area contributed by atoms with Crippen LogP contribution in [0.5, 0.6) is 0 Å². The van der Waals surface area contributed by atoms with E-state index in [1.165, 1.54) is 19.3 Å². The molecule has 2 aliphatic rings. The zero-order valence-corrected chi connectivity index (χ0v) is 6.73. The Balaban J connectivity index is 2.08. The summed E-state index contributed by atoms with van der Waals surface area (Å²) in [6.07, 6.45) is 4.10. The Hall–Kier alpha value is -0.180. The van der Waals surface area contributed by atoms with Crippen LogP contribution in [-0.4, -0.2) is 17.0 Å². The Kier molecular flexibility index (Phi) is 1.60. The first kappa shape index (κ1) is 6.53. The van der Waals surface area contributed by atoms with Crippen molar-refractivity contribution in [2.45, 2.75) is 24.5 Å². The number of fused-ring (bicyclic) bond motifs is 1.